The molecule has 0 bridgehead atoms. The summed E-state index contributed by atoms with van der Waals surface area (Å²) in [5.74, 6) is 1.37. The van der Waals surface area contributed by atoms with E-state index in [4.69, 9.17) is 4.98 Å². The van der Waals surface area contributed by atoms with Crippen molar-refractivity contribution in [2.75, 3.05) is 0 Å². The second kappa shape index (κ2) is 8.46. The number of aromatic nitrogens is 1. The summed E-state index contributed by atoms with van der Waals surface area (Å²) in [6.45, 7) is 4.63. The summed E-state index contributed by atoms with van der Waals surface area (Å²) in [4.78, 5) is 4.74. The van der Waals surface area contributed by atoms with Crippen LogP contribution in [0, 0.1) is 0 Å². The zero-order valence-electron chi connectivity index (χ0n) is 15.3. The van der Waals surface area contributed by atoms with Gasteiger partial charge in [-0.1, -0.05) is 63.8 Å². The van der Waals surface area contributed by atoms with Crippen LogP contribution < -0.4 is 0 Å². The first kappa shape index (κ1) is 17.2. The molecule has 128 valence electrons. The molecule has 0 radical (unpaired) electrons. The van der Waals surface area contributed by atoms with Crippen LogP contribution in [0.5, 0.6) is 0 Å². The van der Waals surface area contributed by atoms with E-state index in [-0.39, 0.29) is 0 Å². The van der Waals surface area contributed by atoms with Gasteiger partial charge in [0, 0.05) is 11.8 Å². The van der Waals surface area contributed by atoms with Crippen LogP contribution >= 0.6 is 0 Å². The minimum Gasteiger partial charge on any atom is -0.256 e. The minimum atomic E-state index is 0.649. The highest BCUT2D eigenvalue weighted by molar-refractivity contribution is 5.69. The van der Waals surface area contributed by atoms with Crippen molar-refractivity contribution in [3.05, 3.63) is 53.7 Å². The van der Waals surface area contributed by atoms with Crippen LogP contribution in [0.25, 0.3) is 11.3 Å². The fourth-order valence-corrected chi connectivity index (χ4v) is 4.42. The molecule has 1 aromatic carbocycles. The predicted octanol–water partition coefficient (Wildman–Crippen LogP) is 7.09. The van der Waals surface area contributed by atoms with E-state index >= 15 is 0 Å². The fourth-order valence-electron chi connectivity index (χ4n) is 4.42. The van der Waals surface area contributed by atoms with Gasteiger partial charge in [-0.25, -0.2) is 0 Å². The van der Waals surface area contributed by atoms with Crippen LogP contribution in [0.3, 0.4) is 0 Å². The number of rotatable bonds is 6. The molecule has 2 aromatic rings. The molecule has 1 heteroatoms. The molecule has 0 saturated heterocycles. The molecule has 1 unspecified atom stereocenters. The summed E-state index contributed by atoms with van der Waals surface area (Å²) in [6.07, 6.45) is 12.5. The van der Waals surface area contributed by atoms with E-state index in [1.807, 2.05) is 12.3 Å². The van der Waals surface area contributed by atoms with Gasteiger partial charge in [0.25, 0.3) is 0 Å². The zero-order valence-corrected chi connectivity index (χ0v) is 15.3. The van der Waals surface area contributed by atoms with Gasteiger partial charge >= 0.3 is 0 Å². The Morgan fingerprint density at radius 2 is 1.83 bits per heavy atom. The molecule has 1 heterocycles. The van der Waals surface area contributed by atoms with Gasteiger partial charge in [-0.3, -0.25) is 4.98 Å². The molecule has 1 atom stereocenters. The summed E-state index contributed by atoms with van der Waals surface area (Å²) in [5, 5.41) is 0. The first-order valence-electron chi connectivity index (χ1n) is 9.89. The topological polar surface area (TPSA) is 12.9 Å². The first-order chi connectivity index (χ1) is 11.8. The lowest BCUT2D eigenvalue weighted by molar-refractivity contribution is 0.443. The summed E-state index contributed by atoms with van der Waals surface area (Å²) in [5.41, 5.74) is 5.70. The molecule has 1 nitrogen and oxygen atoms in total. The lowest BCUT2D eigenvalue weighted by Crippen LogP contribution is -2.09. The quantitative estimate of drug-likeness (QED) is 0.553. The Kier molecular flexibility index (Phi) is 6.07. The van der Waals surface area contributed by atoms with E-state index in [1.165, 1.54) is 68.2 Å². The van der Waals surface area contributed by atoms with Crippen LogP contribution in [0.4, 0.5) is 0 Å². The summed E-state index contributed by atoms with van der Waals surface area (Å²) < 4.78 is 0. The molecule has 3 rings (SSSR count). The highest BCUT2D eigenvalue weighted by Gasteiger charge is 2.23. The number of hydrogen-bond donors (Lipinski definition) is 0. The van der Waals surface area contributed by atoms with Crippen molar-refractivity contribution in [2.24, 2.45) is 0 Å². The molecule has 0 aliphatic heterocycles. The van der Waals surface area contributed by atoms with Crippen molar-refractivity contribution >= 4 is 0 Å². The molecule has 0 amide bonds. The van der Waals surface area contributed by atoms with Gasteiger partial charge in [-0.2, -0.15) is 0 Å². The van der Waals surface area contributed by atoms with Crippen LogP contribution in [0.2, 0.25) is 0 Å². The standard InChI is InChI=1S/C23H31N/c1-3-11-18(4-2)20-14-10-15-21(19-12-6-5-7-13-19)23(20)22-16-8-9-17-24-22/h8-10,14-19H,3-7,11-13H2,1-2H3. The monoisotopic (exact) mass is 321 g/mol. The van der Waals surface area contributed by atoms with E-state index < -0.39 is 0 Å². The maximum Gasteiger partial charge on any atom is 0.0707 e. The van der Waals surface area contributed by atoms with Gasteiger partial charge in [0.1, 0.15) is 0 Å². The number of pyridine rings is 1. The molecule has 1 aliphatic carbocycles. The summed E-state index contributed by atoms with van der Waals surface area (Å²) in [6, 6.07) is 13.4. The van der Waals surface area contributed by atoms with Gasteiger partial charge in [0.05, 0.1) is 5.69 Å². The number of benzene rings is 1. The zero-order chi connectivity index (χ0) is 16.8. The Morgan fingerprint density at radius 3 is 2.50 bits per heavy atom. The van der Waals surface area contributed by atoms with Crippen molar-refractivity contribution in [1.29, 1.82) is 0 Å². The summed E-state index contributed by atoms with van der Waals surface area (Å²) >= 11 is 0. The molecule has 0 N–H and O–H groups in total. The molecular weight excluding hydrogens is 290 g/mol. The van der Waals surface area contributed by atoms with Crippen LogP contribution in [0.15, 0.2) is 42.6 Å². The number of nitrogens with zero attached hydrogens (tertiary/aromatic N) is 1. The molecule has 0 spiro atoms. The van der Waals surface area contributed by atoms with Crippen LogP contribution in [-0.4, -0.2) is 4.98 Å². The number of hydrogen-bond acceptors (Lipinski definition) is 1. The van der Waals surface area contributed by atoms with Gasteiger partial charge in [0.15, 0.2) is 0 Å². The predicted molar refractivity (Wildman–Crippen MR) is 103 cm³/mol. The van der Waals surface area contributed by atoms with Gasteiger partial charge in [0.2, 0.25) is 0 Å². The third kappa shape index (κ3) is 3.71. The van der Waals surface area contributed by atoms with Crippen molar-refractivity contribution in [3.8, 4) is 11.3 Å². The maximum absolute atomic E-state index is 4.74. The molecule has 1 saturated carbocycles. The Morgan fingerprint density at radius 1 is 1.00 bits per heavy atom. The minimum absolute atomic E-state index is 0.649. The average molecular weight is 322 g/mol. The van der Waals surface area contributed by atoms with E-state index in [1.54, 1.807) is 5.56 Å². The van der Waals surface area contributed by atoms with E-state index in [0.29, 0.717) is 5.92 Å². The Labute approximate surface area is 147 Å². The lowest BCUT2D eigenvalue weighted by atomic mass is 9.77. The average Bonchev–Trinajstić information content (AvgIpc) is 2.67. The molecule has 24 heavy (non-hydrogen) atoms. The SMILES string of the molecule is CCCC(CC)c1cccc(C2CCCCC2)c1-c1ccccn1. The fraction of sp³-hybridized carbons (Fsp3) is 0.522. The Balaban J connectivity index is 2.11. The smallest absolute Gasteiger partial charge is 0.0707 e. The second-order valence-corrected chi connectivity index (χ2v) is 7.26. The molecule has 1 aromatic heterocycles. The van der Waals surface area contributed by atoms with E-state index in [2.05, 4.69) is 44.2 Å². The largest absolute Gasteiger partial charge is 0.256 e. The maximum atomic E-state index is 4.74. The second-order valence-electron chi connectivity index (χ2n) is 7.26. The molecular formula is C23H31N. The van der Waals surface area contributed by atoms with Gasteiger partial charge in [-0.05, 0) is 60.8 Å². The third-order valence-electron chi connectivity index (χ3n) is 5.66. The Bertz CT molecular complexity index is 603. The normalized spacial score (nSPS) is 16.9. The third-order valence-corrected chi connectivity index (χ3v) is 5.66. The van der Waals surface area contributed by atoms with Crippen molar-refractivity contribution in [2.45, 2.75) is 77.0 Å². The highest BCUT2D eigenvalue weighted by atomic mass is 14.7. The molecule has 1 aliphatic rings. The Hall–Kier alpha value is -1.63. The first-order valence-corrected chi connectivity index (χ1v) is 9.89. The van der Waals surface area contributed by atoms with Gasteiger partial charge in [-0.15, -0.1) is 0 Å². The highest BCUT2D eigenvalue weighted by Crippen LogP contribution is 2.42. The van der Waals surface area contributed by atoms with E-state index in [0.717, 1.165) is 5.92 Å². The van der Waals surface area contributed by atoms with Crippen LogP contribution in [-0.2, 0) is 0 Å². The van der Waals surface area contributed by atoms with Crippen molar-refractivity contribution in [1.82, 2.24) is 4.98 Å². The van der Waals surface area contributed by atoms with Gasteiger partial charge < -0.3 is 0 Å². The van der Waals surface area contributed by atoms with E-state index in [9.17, 15) is 0 Å². The van der Waals surface area contributed by atoms with Crippen molar-refractivity contribution in [3.63, 3.8) is 0 Å². The van der Waals surface area contributed by atoms with Crippen LogP contribution in [0.1, 0.15) is 88.2 Å². The molecule has 1 fully saturated rings. The van der Waals surface area contributed by atoms with Crippen molar-refractivity contribution < 1.29 is 0 Å². The summed E-state index contributed by atoms with van der Waals surface area (Å²) in [7, 11) is 0. The lowest BCUT2D eigenvalue weighted by Gasteiger charge is -2.27.